The van der Waals surface area contributed by atoms with Crippen LogP contribution in [0.25, 0.3) is 22.3 Å². The molecule has 0 spiro atoms. The van der Waals surface area contributed by atoms with Gasteiger partial charge < -0.3 is 14.2 Å². The lowest BCUT2D eigenvalue weighted by atomic mass is 10.0. The van der Waals surface area contributed by atoms with Crippen molar-refractivity contribution in [1.82, 2.24) is 0 Å². The lowest BCUT2D eigenvalue weighted by molar-refractivity contribution is -0.183. The number of rotatable bonds is 10. The molecule has 1 heterocycles. The van der Waals surface area contributed by atoms with E-state index in [-0.39, 0.29) is 16.0 Å². The largest absolute Gasteiger partial charge is 0.459 e. The van der Waals surface area contributed by atoms with Gasteiger partial charge in [0, 0.05) is 0 Å². The maximum atomic E-state index is 15.9. The third kappa shape index (κ3) is 7.18. The smallest absolute Gasteiger partial charge is 0.338 e. The Labute approximate surface area is 275 Å². The first kappa shape index (κ1) is 32.7. The monoisotopic (exact) mass is 670 g/mol. The SMILES string of the molecule is O=C(OC[C@H]1OC(OS(=O)(=O)c2ccccc2)C(F)(F)[C@@H]1OC(=O)c1ccc(-c2ccccc2)cc1)c1ccc(-c2ccccc2)cc1. The zero-order valence-corrected chi connectivity index (χ0v) is 26.0. The van der Waals surface area contributed by atoms with Crippen LogP contribution in [0.5, 0.6) is 0 Å². The molecule has 6 rings (SSSR count). The molecule has 0 radical (unpaired) electrons. The first-order valence-electron chi connectivity index (χ1n) is 14.8. The highest BCUT2D eigenvalue weighted by atomic mass is 32.2. The molecule has 1 aliphatic heterocycles. The van der Waals surface area contributed by atoms with Gasteiger partial charge in [0.2, 0.25) is 12.4 Å². The van der Waals surface area contributed by atoms with Crippen LogP contribution in [0.2, 0.25) is 0 Å². The van der Waals surface area contributed by atoms with Crippen molar-refractivity contribution in [2.45, 2.75) is 29.3 Å². The Kier molecular flexibility index (Phi) is 9.44. The summed E-state index contributed by atoms with van der Waals surface area (Å²) in [5.74, 6) is -6.15. The van der Waals surface area contributed by atoms with Gasteiger partial charge in [0.05, 0.1) is 16.0 Å². The van der Waals surface area contributed by atoms with E-state index in [4.69, 9.17) is 18.4 Å². The quantitative estimate of drug-likeness (QED) is 0.114. The minimum absolute atomic E-state index is 0.0407. The van der Waals surface area contributed by atoms with Gasteiger partial charge in [0.15, 0.2) is 0 Å². The fraction of sp³-hybridized carbons (Fsp3) is 0.135. The summed E-state index contributed by atoms with van der Waals surface area (Å²) in [5.41, 5.74) is 3.52. The van der Waals surface area contributed by atoms with Crippen molar-refractivity contribution >= 4 is 22.1 Å². The first-order chi connectivity index (χ1) is 23.1. The van der Waals surface area contributed by atoms with Crippen LogP contribution in [-0.4, -0.2) is 51.4 Å². The van der Waals surface area contributed by atoms with E-state index in [1.54, 1.807) is 30.3 Å². The summed E-state index contributed by atoms with van der Waals surface area (Å²) in [4.78, 5) is 25.6. The van der Waals surface area contributed by atoms with Crippen molar-refractivity contribution in [3.63, 3.8) is 0 Å². The summed E-state index contributed by atoms with van der Waals surface area (Å²) in [6, 6.07) is 38.0. The molecule has 1 saturated heterocycles. The van der Waals surface area contributed by atoms with E-state index in [1.807, 2.05) is 60.7 Å². The first-order valence-corrected chi connectivity index (χ1v) is 16.2. The molecule has 1 unspecified atom stereocenters. The molecule has 3 atom stereocenters. The van der Waals surface area contributed by atoms with E-state index < -0.39 is 53.1 Å². The molecule has 1 aliphatic rings. The summed E-state index contributed by atoms with van der Waals surface area (Å²) in [7, 11) is -4.73. The maximum Gasteiger partial charge on any atom is 0.338 e. The molecule has 244 valence electrons. The van der Waals surface area contributed by atoms with Crippen LogP contribution in [0.4, 0.5) is 8.78 Å². The van der Waals surface area contributed by atoms with Crippen LogP contribution in [0, 0.1) is 0 Å². The zero-order chi connectivity index (χ0) is 33.7. The van der Waals surface area contributed by atoms with Crippen molar-refractivity contribution in [3.05, 3.63) is 151 Å². The van der Waals surface area contributed by atoms with E-state index in [2.05, 4.69) is 0 Å². The molecule has 0 saturated carbocycles. The number of hydrogen-bond donors (Lipinski definition) is 0. The molecule has 5 aromatic carbocycles. The van der Waals surface area contributed by atoms with Crippen molar-refractivity contribution < 1.29 is 45.2 Å². The predicted octanol–water partition coefficient (Wildman–Crippen LogP) is 7.17. The van der Waals surface area contributed by atoms with Gasteiger partial charge in [-0.1, -0.05) is 103 Å². The second kappa shape index (κ2) is 13.9. The molecule has 0 amide bonds. The van der Waals surface area contributed by atoms with Gasteiger partial charge in [-0.2, -0.15) is 17.2 Å². The Morgan fingerprint density at radius 3 is 1.56 bits per heavy atom. The van der Waals surface area contributed by atoms with Crippen molar-refractivity contribution in [1.29, 1.82) is 0 Å². The third-order valence-corrected chi connectivity index (χ3v) is 8.92. The average molecular weight is 671 g/mol. The normalized spacial score (nSPS) is 18.6. The molecule has 0 aromatic heterocycles. The number of esters is 2. The maximum absolute atomic E-state index is 15.9. The topological polar surface area (TPSA) is 105 Å². The van der Waals surface area contributed by atoms with Crippen molar-refractivity contribution in [2.75, 3.05) is 6.61 Å². The number of hydrogen-bond acceptors (Lipinski definition) is 8. The minimum Gasteiger partial charge on any atom is -0.459 e. The highest BCUT2D eigenvalue weighted by Crippen LogP contribution is 2.41. The van der Waals surface area contributed by atoms with E-state index in [0.717, 1.165) is 22.3 Å². The Bertz CT molecular complexity index is 1970. The number of alkyl halides is 2. The molecule has 1 fully saturated rings. The molecule has 11 heteroatoms. The standard InChI is InChI=1S/C37H28F2O8S/c38-37(39)33(46-35(41)30-22-18-28(19-23-30)26-12-6-2-7-13-26)32(45-36(37)47-48(42,43)31-14-8-3-9-15-31)24-44-34(40)29-20-16-27(17-21-29)25-10-4-1-5-11-25/h1-23,32-33,36H,24H2/t32-,33-,36?/m1/s1. The molecule has 0 aliphatic carbocycles. The van der Waals surface area contributed by atoms with Gasteiger partial charge in [-0.15, -0.1) is 0 Å². The highest BCUT2D eigenvalue weighted by Gasteiger charge is 2.64. The van der Waals surface area contributed by atoms with E-state index in [1.165, 1.54) is 48.5 Å². The number of ether oxygens (including phenoxy) is 3. The van der Waals surface area contributed by atoms with Crippen LogP contribution in [0.3, 0.4) is 0 Å². The van der Waals surface area contributed by atoms with Gasteiger partial charge in [0.25, 0.3) is 10.1 Å². The Balaban J connectivity index is 1.20. The third-order valence-electron chi connectivity index (χ3n) is 7.64. The van der Waals surface area contributed by atoms with E-state index in [9.17, 15) is 18.0 Å². The van der Waals surface area contributed by atoms with Crippen LogP contribution in [-0.2, 0) is 28.5 Å². The number of halogens is 2. The number of carbonyl (C=O) groups excluding carboxylic acids is 2. The molecule has 48 heavy (non-hydrogen) atoms. The van der Waals surface area contributed by atoms with E-state index in [0.29, 0.717) is 0 Å². The van der Waals surface area contributed by atoms with E-state index >= 15 is 8.78 Å². The number of carbonyl (C=O) groups is 2. The second-order valence-corrected chi connectivity index (χ2v) is 12.4. The van der Waals surface area contributed by atoms with Gasteiger partial charge in [-0.3, -0.25) is 0 Å². The summed E-state index contributed by atoms with van der Waals surface area (Å²) >= 11 is 0. The van der Waals surface area contributed by atoms with Crippen molar-refractivity contribution in [3.8, 4) is 22.3 Å². The molecule has 5 aromatic rings. The Morgan fingerprint density at radius 1 is 0.625 bits per heavy atom. The fourth-order valence-corrected chi connectivity index (χ4v) is 6.12. The fourth-order valence-electron chi connectivity index (χ4n) is 5.11. The van der Waals surface area contributed by atoms with Gasteiger partial charge >= 0.3 is 17.9 Å². The zero-order valence-electron chi connectivity index (χ0n) is 25.1. The molecular formula is C37H28F2O8S. The molecule has 0 bridgehead atoms. The van der Waals surface area contributed by atoms with Gasteiger partial charge in [0.1, 0.15) is 12.7 Å². The molecular weight excluding hydrogens is 642 g/mol. The summed E-state index contributed by atoms with van der Waals surface area (Å²) < 4.78 is 78.1. The summed E-state index contributed by atoms with van der Waals surface area (Å²) in [5, 5.41) is 0. The molecule has 0 N–H and O–H groups in total. The van der Waals surface area contributed by atoms with Crippen LogP contribution >= 0.6 is 0 Å². The van der Waals surface area contributed by atoms with Crippen LogP contribution in [0.1, 0.15) is 20.7 Å². The average Bonchev–Trinajstić information content (AvgIpc) is 3.35. The minimum atomic E-state index is -4.73. The lowest BCUT2D eigenvalue weighted by Crippen LogP contribution is -2.45. The summed E-state index contributed by atoms with van der Waals surface area (Å²) in [6.45, 7) is -0.801. The second-order valence-electron chi connectivity index (χ2n) is 10.9. The Morgan fingerprint density at radius 2 is 1.06 bits per heavy atom. The predicted molar refractivity (Wildman–Crippen MR) is 172 cm³/mol. The van der Waals surface area contributed by atoms with Crippen LogP contribution in [0.15, 0.2) is 144 Å². The van der Waals surface area contributed by atoms with Gasteiger partial charge in [-0.05, 0) is 58.7 Å². The summed E-state index contributed by atoms with van der Waals surface area (Å²) in [6.07, 6.45) is -6.84. The van der Waals surface area contributed by atoms with Gasteiger partial charge in [-0.25, -0.2) is 13.8 Å². The highest BCUT2D eigenvalue weighted by molar-refractivity contribution is 7.86. The number of benzene rings is 5. The molecule has 8 nitrogen and oxygen atoms in total. The Hall–Kier alpha value is -5.23. The lowest BCUT2D eigenvalue weighted by Gasteiger charge is -2.23. The van der Waals surface area contributed by atoms with Crippen LogP contribution < -0.4 is 0 Å². The van der Waals surface area contributed by atoms with Crippen molar-refractivity contribution in [2.24, 2.45) is 0 Å².